The molecule has 0 aliphatic heterocycles. The van der Waals surface area contributed by atoms with E-state index in [1.54, 1.807) is 0 Å². The van der Waals surface area contributed by atoms with Crippen LogP contribution in [-0.2, 0) is 6.54 Å². The van der Waals surface area contributed by atoms with E-state index >= 15 is 0 Å². The molecular formula is C17H13N3. The Bertz CT molecular complexity index is 893. The van der Waals surface area contributed by atoms with Crippen LogP contribution >= 0.6 is 0 Å². The third-order valence-electron chi connectivity index (χ3n) is 3.52. The number of fused-ring (bicyclic) bond motifs is 2. The third kappa shape index (κ3) is 1.84. The highest BCUT2D eigenvalue weighted by Gasteiger charge is 2.04. The van der Waals surface area contributed by atoms with Crippen LogP contribution in [0.15, 0.2) is 66.9 Å². The van der Waals surface area contributed by atoms with Crippen LogP contribution < -0.4 is 0 Å². The van der Waals surface area contributed by atoms with Gasteiger partial charge in [-0.15, -0.1) is 0 Å². The lowest BCUT2D eigenvalue weighted by molar-refractivity contribution is 0.699. The molecule has 0 fully saturated rings. The molecule has 0 spiro atoms. The van der Waals surface area contributed by atoms with Crippen molar-refractivity contribution in [3.8, 4) is 0 Å². The minimum atomic E-state index is 0.693. The number of aromatic nitrogens is 3. The standard InChI is InChI=1S/C17H13N3/c1-3-7-16-13(5-1)9-10-15(19-16)12-20-17-8-4-2-6-14(17)11-18-20/h1-11H,12H2. The molecule has 0 aliphatic rings. The maximum absolute atomic E-state index is 4.70. The normalized spacial score (nSPS) is 11.2. The van der Waals surface area contributed by atoms with E-state index in [-0.39, 0.29) is 0 Å². The SMILES string of the molecule is c1ccc2nc(Cn3ncc4ccccc43)ccc2c1. The molecule has 0 bridgehead atoms. The topological polar surface area (TPSA) is 30.7 Å². The zero-order valence-corrected chi connectivity index (χ0v) is 10.9. The van der Waals surface area contributed by atoms with E-state index < -0.39 is 0 Å². The molecule has 4 aromatic rings. The van der Waals surface area contributed by atoms with Crippen LogP contribution in [0.4, 0.5) is 0 Å². The van der Waals surface area contributed by atoms with Gasteiger partial charge >= 0.3 is 0 Å². The Morgan fingerprint density at radius 1 is 0.800 bits per heavy atom. The first-order valence-electron chi connectivity index (χ1n) is 6.65. The summed E-state index contributed by atoms with van der Waals surface area (Å²) in [5.74, 6) is 0. The van der Waals surface area contributed by atoms with Crippen molar-refractivity contribution in [2.75, 3.05) is 0 Å². The van der Waals surface area contributed by atoms with Crippen LogP contribution in [0.2, 0.25) is 0 Å². The van der Waals surface area contributed by atoms with Crippen LogP contribution in [0.1, 0.15) is 5.69 Å². The molecule has 3 nitrogen and oxygen atoms in total. The zero-order valence-electron chi connectivity index (χ0n) is 10.9. The summed E-state index contributed by atoms with van der Waals surface area (Å²) in [5, 5.41) is 6.78. The lowest BCUT2D eigenvalue weighted by atomic mass is 10.2. The second-order valence-corrected chi connectivity index (χ2v) is 4.86. The quantitative estimate of drug-likeness (QED) is 0.550. The molecule has 0 saturated heterocycles. The Morgan fingerprint density at radius 2 is 1.60 bits per heavy atom. The molecular weight excluding hydrogens is 246 g/mol. The number of para-hydroxylation sites is 2. The van der Waals surface area contributed by atoms with Gasteiger partial charge in [-0.05, 0) is 18.2 Å². The van der Waals surface area contributed by atoms with Gasteiger partial charge in [0, 0.05) is 10.8 Å². The summed E-state index contributed by atoms with van der Waals surface area (Å²) in [6.45, 7) is 0.693. The highest BCUT2D eigenvalue weighted by atomic mass is 15.3. The van der Waals surface area contributed by atoms with Gasteiger partial charge in [0.25, 0.3) is 0 Å². The smallest absolute Gasteiger partial charge is 0.0838 e. The molecule has 4 rings (SSSR count). The van der Waals surface area contributed by atoms with Crippen molar-refractivity contribution in [3.63, 3.8) is 0 Å². The van der Waals surface area contributed by atoms with E-state index in [0.29, 0.717) is 6.54 Å². The van der Waals surface area contributed by atoms with Gasteiger partial charge in [-0.1, -0.05) is 42.5 Å². The van der Waals surface area contributed by atoms with Crippen LogP contribution in [-0.4, -0.2) is 14.8 Å². The molecule has 0 amide bonds. The van der Waals surface area contributed by atoms with E-state index in [2.05, 4.69) is 35.4 Å². The number of hydrogen-bond acceptors (Lipinski definition) is 2. The monoisotopic (exact) mass is 259 g/mol. The lowest BCUT2D eigenvalue weighted by Crippen LogP contribution is -2.03. The van der Waals surface area contributed by atoms with Crippen molar-refractivity contribution in [2.24, 2.45) is 0 Å². The van der Waals surface area contributed by atoms with Gasteiger partial charge in [0.15, 0.2) is 0 Å². The van der Waals surface area contributed by atoms with Gasteiger partial charge in [0.05, 0.1) is 29.5 Å². The average molecular weight is 259 g/mol. The molecule has 20 heavy (non-hydrogen) atoms. The molecule has 0 aliphatic carbocycles. The van der Waals surface area contributed by atoms with E-state index in [4.69, 9.17) is 4.98 Å². The largest absolute Gasteiger partial charge is 0.259 e. The Hall–Kier alpha value is -2.68. The van der Waals surface area contributed by atoms with Gasteiger partial charge in [0.1, 0.15) is 0 Å². The minimum absolute atomic E-state index is 0.693. The summed E-state index contributed by atoms with van der Waals surface area (Å²) in [5.41, 5.74) is 3.20. The van der Waals surface area contributed by atoms with Crippen molar-refractivity contribution in [1.82, 2.24) is 14.8 Å². The first-order valence-corrected chi connectivity index (χ1v) is 6.65. The number of pyridine rings is 1. The lowest BCUT2D eigenvalue weighted by Gasteiger charge is -2.05. The van der Waals surface area contributed by atoms with Crippen molar-refractivity contribution in [1.29, 1.82) is 0 Å². The molecule has 3 heteroatoms. The van der Waals surface area contributed by atoms with Gasteiger partial charge < -0.3 is 0 Å². The van der Waals surface area contributed by atoms with Crippen molar-refractivity contribution in [2.45, 2.75) is 6.54 Å². The summed E-state index contributed by atoms with van der Waals surface area (Å²) in [4.78, 5) is 4.70. The Kier molecular flexibility index (Phi) is 2.49. The molecule has 0 saturated carbocycles. The van der Waals surface area contributed by atoms with Crippen molar-refractivity contribution >= 4 is 21.8 Å². The Morgan fingerprint density at radius 3 is 2.55 bits per heavy atom. The molecule has 2 heterocycles. The second kappa shape index (κ2) is 4.46. The van der Waals surface area contributed by atoms with Crippen LogP contribution in [0.5, 0.6) is 0 Å². The fraction of sp³-hybridized carbons (Fsp3) is 0.0588. The van der Waals surface area contributed by atoms with Gasteiger partial charge in [0.2, 0.25) is 0 Å². The van der Waals surface area contributed by atoms with E-state index in [1.807, 2.05) is 41.2 Å². The first kappa shape index (κ1) is 11.2. The van der Waals surface area contributed by atoms with Gasteiger partial charge in [-0.2, -0.15) is 5.10 Å². The number of hydrogen-bond donors (Lipinski definition) is 0. The van der Waals surface area contributed by atoms with Gasteiger partial charge in [-0.25, -0.2) is 0 Å². The maximum atomic E-state index is 4.70. The summed E-state index contributed by atoms with van der Waals surface area (Å²) >= 11 is 0. The predicted molar refractivity (Wildman–Crippen MR) is 80.6 cm³/mol. The van der Waals surface area contributed by atoms with Crippen molar-refractivity contribution < 1.29 is 0 Å². The molecule has 2 aromatic heterocycles. The molecule has 0 unspecified atom stereocenters. The third-order valence-corrected chi connectivity index (χ3v) is 3.52. The Labute approximate surface area is 116 Å². The second-order valence-electron chi connectivity index (χ2n) is 4.86. The summed E-state index contributed by atoms with van der Waals surface area (Å²) in [6.07, 6.45) is 1.90. The van der Waals surface area contributed by atoms with Gasteiger partial charge in [-0.3, -0.25) is 9.67 Å². The minimum Gasteiger partial charge on any atom is -0.259 e. The summed E-state index contributed by atoms with van der Waals surface area (Å²) < 4.78 is 1.99. The predicted octanol–water partition coefficient (Wildman–Crippen LogP) is 3.63. The highest BCUT2D eigenvalue weighted by molar-refractivity contribution is 5.79. The first-order chi connectivity index (χ1) is 9.90. The Balaban J connectivity index is 1.76. The van der Waals surface area contributed by atoms with Crippen LogP contribution in [0.3, 0.4) is 0 Å². The zero-order chi connectivity index (χ0) is 13.4. The molecule has 0 N–H and O–H groups in total. The van der Waals surface area contributed by atoms with Crippen molar-refractivity contribution in [3.05, 3.63) is 72.6 Å². The van der Waals surface area contributed by atoms with E-state index in [0.717, 1.165) is 22.1 Å². The molecule has 2 aromatic carbocycles. The summed E-state index contributed by atoms with van der Waals surface area (Å²) in [6, 6.07) is 20.6. The molecule has 96 valence electrons. The number of benzene rings is 2. The molecule has 0 radical (unpaired) electrons. The fourth-order valence-corrected chi connectivity index (χ4v) is 2.50. The van der Waals surface area contributed by atoms with Crippen LogP contribution in [0, 0.1) is 0 Å². The summed E-state index contributed by atoms with van der Waals surface area (Å²) in [7, 11) is 0. The number of rotatable bonds is 2. The average Bonchev–Trinajstić information content (AvgIpc) is 2.91. The van der Waals surface area contributed by atoms with Crippen LogP contribution in [0.25, 0.3) is 21.8 Å². The number of nitrogens with zero attached hydrogens (tertiary/aromatic N) is 3. The maximum Gasteiger partial charge on any atom is 0.0838 e. The molecule has 0 atom stereocenters. The highest BCUT2D eigenvalue weighted by Crippen LogP contribution is 2.16. The van der Waals surface area contributed by atoms with E-state index in [1.165, 1.54) is 5.39 Å². The fourth-order valence-electron chi connectivity index (χ4n) is 2.50. The van der Waals surface area contributed by atoms with E-state index in [9.17, 15) is 0 Å².